The summed E-state index contributed by atoms with van der Waals surface area (Å²) in [7, 11) is 3.20. The van der Waals surface area contributed by atoms with E-state index in [-0.39, 0.29) is 17.9 Å². The summed E-state index contributed by atoms with van der Waals surface area (Å²) in [6.45, 7) is 0. The van der Waals surface area contributed by atoms with Crippen LogP contribution in [-0.2, 0) is 4.79 Å². The van der Waals surface area contributed by atoms with Gasteiger partial charge in [-0.1, -0.05) is 0 Å². The van der Waals surface area contributed by atoms with Crippen molar-refractivity contribution in [1.82, 2.24) is 14.5 Å². The first-order chi connectivity index (χ1) is 17.0. The predicted molar refractivity (Wildman–Crippen MR) is 130 cm³/mol. The second-order valence-electron chi connectivity index (χ2n) is 9.56. The number of imide groups is 1. The van der Waals surface area contributed by atoms with Gasteiger partial charge in [0.1, 0.15) is 11.5 Å². The van der Waals surface area contributed by atoms with E-state index in [1.54, 1.807) is 14.2 Å². The third-order valence-electron chi connectivity index (χ3n) is 8.06. The van der Waals surface area contributed by atoms with Crippen molar-refractivity contribution in [3.05, 3.63) is 47.5 Å². The lowest BCUT2D eigenvalue weighted by atomic mass is 9.96. The van der Waals surface area contributed by atoms with E-state index in [0.29, 0.717) is 40.9 Å². The number of hydrogen-bond donors (Lipinski definition) is 1. The van der Waals surface area contributed by atoms with Crippen molar-refractivity contribution in [2.45, 2.75) is 24.9 Å². The average Bonchev–Trinajstić information content (AvgIpc) is 3.54. The first-order valence-electron chi connectivity index (χ1n) is 11.6. The fourth-order valence-corrected chi connectivity index (χ4v) is 6.74. The standard InChI is InChI=1S/C27H19N3O5/c1-34-12-3-5-16-14(9-12)20-22-23(27(33)28-26(22)32)21-15-10-13(35-2)4-6-17(15)30-18-7-11(8-19(18)31)29(16)24(20)25(21)30/h3-6,9-11,18H,7-8H2,1-2H3,(H,28,32,33)/t11-,18?/m0/s1. The van der Waals surface area contributed by atoms with E-state index in [1.807, 2.05) is 36.4 Å². The van der Waals surface area contributed by atoms with Crippen molar-refractivity contribution in [2.24, 2.45) is 0 Å². The van der Waals surface area contributed by atoms with Crippen LogP contribution in [0.15, 0.2) is 36.4 Å². The van der Waals surface area contributed by atoms with Crippen LogP contribution in [-0.4, -0.2) is 41.0 Å². The number of ketones is 1. The highest BCUT2D eigenvalue weighted by molar-refractivity contribution is 6.39. The minimum Gasteiger partial charge on any atom is -0.497 e. The van der Waals surface area contributed by atoms with E-state index in [4.69, 9.17) is 9.47 Å². The minimum atomic E-state index is -0.418. The second kappa shape index (κ2) is 6.02. The number of nitrogens with one attached hydrogen (secondary N) is 1. The molecular formula is C27H19N3O5. The van der Waals surface area contributed by atoms with E-state index in [1.165, 1.54) is 0 Å². The maximum atomic E-state index is 13.3. The number of aromatic nitrogens is 2. The Balaban J connectivity index is 1.75. The highest BCUT2D eigenvalue weighted by Crippen LogP contribution is 2.53. The van der Waals surface area contributed by atoms with Gasteiger partial charge in [-0.05, 0) is 42.8 Å². The molecule has 2 amide bonds. The minimum absolute atomic E-state index is 0.0319. The van der Waals surface area contributed by atoms with E-state index in [0.717, 1.165) is 38.2 Å². The quantitative estimate of drug-likeness (QED) is 0.394. The topological polar surface area (TPSA) is 91.6 Å². The molecule has 8 rings (SSSR count). The number of nitrogens with zero attached hydrogens (tertiary/aromatic N) is 2. The molecule has 1 aliphatic carbocycles. The summed E-state index contributed by atoms with van der Waals surface area (Å²) in [5, 5.41) is 5.60. The molecule has 3 aromatic carbocycles. The van der Waals surface area contributed by atoms with Crippen molar-refractivity contribution in [3.8, 4) is 11.5 Å². The molecule has 1 unspecified atom stereocenters. The first-order valence-corrected chi connectivity index (χ1v) is 11.6. The number of hydrogen-bond acceptors (Lipinski definition) is 5. The Morgan fingerprint density at radius 1 is 0.800 bits per heavy atom. The molecule has 0 saturated heterocycles. The van der Waals surface area contributed by atoms with Gasteiger partial charge in [-0.3, -0.25) is 19.7 Å². The number of ether oxygens (including phenoxy) is 2. The van der Waals surface area contributed by atoms with Crippen molar-refractivity contribution in [2.75, 3.05) is 14.2 Å². The van der Waals surface area contributed by atoms with Gasteiger partial charge in [0.05, 0.1) is 47.9 Å². The van der Waals surface area contributed by atoms with Gasteiger partial charge in [0.2, 0.25) is 0 Å². The molecule has 1 saturated carbocycles. The average molecular weight is 465 g/mol. The molecule has 1 fully saturated rings. The van der Waals surface area contributed by atoms with Gasteiger partial charge in [0, 0.05) is 39.5 Å². The fourth-order valence-electron chi connectivity index (χ4n) is 6.74. The van der Waals surface area contributed by atoms with E-state index >= 15 is 0 Å². The van der Waals surface area contributed by atoms with Gasteiger partial charge in [0.25, 0.3) is 11.8 Å². The van der Waals surface area contributed by atoms with Crippen LogP contribution in [0.2, 0.25) is 0 Å². The Bertz CT molecular complexity index is 1880. The predicted octanol–water partition coefficient (Wildman–Crippen LogP) is 4.26. The number of Topliss-reactive ketones (excluding diaryl/α,β-unsaturated/α-hetero) is 1. The number of carbonyl (C=O) groups is 3. The summed E-state index contributed by atoms with van der Waals surface area (Å²) in [6, 6.07) is 11.2. The summed E-state index contributed by atoms with van der Waals surface area (Å²) >= 11 is 0. The highest BCUT2D eigenvalue weighted by atomic mass is 16.5. The molecule has 2 aromatic heterocycles. The third kappa shape index (κ3) is 2.03. The zero-order valence-corrected chi connectivity index (χ0v) is 19.0. The molecule has 2 atom stereocenters. The monoisotopic (exact) mass is 465 g/mol. The molecular weight excluding hydrogens is 446 g/mol. The van der Waals surface area contributed by atoms with E-state index < -0.39 is 11.8 Å². The molecule has 2 aliphatic heterocycles. The number of carbonyl (C=O) groups excluding carboxylic acids is 3. The zero-order valence-electron chi connectivity index (χ0n) is 19.0. The van der Waals surface area contributed by atoms with Crippen molar-refractivity contribution in [1.29, 1.82) is 0 Å². The highest BCUT2D eigenvalue weighted by Gasteiger charge is 2.44. The normalized spacial score (nSPS) is 20.5. The largest absolute Gasteiger partial charge is 0.497 e. The lowest BCUT2D eigenvalue weighted by molar-refractivity contribution is -0.120. The number of benzene rings is 3. The maximum Gasteiger partial charge on any atom is 0.259 e. The Kier molecular flexibility index (Phi) is 3.27. The maximum absolute atomic E-state index is 13.3. The van der Waals surface area contributed by atoms with Crippen LogP contribution >= 0.6 is 0 Å². The SMILES string of the molecule is COc1ccc2c(c1)c1c3c(c4c5cc(OC)ccc5n5c4c1n2C1C[C@H]5CC1=O)C(=O)NC3=O. The van der Waals surface area contributed by atoms with Crippen molar-refractivity contribution < 1.29 is 23.9 Å². The number of amides is 2. The Morgan fingerprint density at radius 3 is 1.91 bits per heavy atom. The van der Waals surface area contributed by atoms with Gasteiger partial charge in [0.15, 0.2) is 5.78 Å². The molecule has 8 heteroatoms. The molecule has 172 valence electrons. The lowest BCUT2D eigenvalue weighted by Crippen LogP contribution is -2.20. The van der Waals surface area contributed by atoms with Crippen LogP contribution in [0.5, 0.6) is 11.5 Å². The third-order valence-corrected chi connectivity index (χ3v) is 8.06. The Labute approximate surface area is 198 Å². The summed E-state index contributed by atoms with van der Waals surface area (Å²) in [6.07, 6.45) is 1.09. The zero-order chi connectivity index (χ0) is 23.7. The van der Waals surface area contributed by atoms with E-state index in [2.05, 4.69) is 14.5 Å². The molecule has 0 radical (unpaired) electrons. The van der Waals surface area contributed by atoms with Crippen LogP contribution in [0.3, 0.4) is 0 Å². The summed E-state index contributed by atoms with van der Waals surface area (Å²) in [5.41, 5.74) is 4.25. The summed E-state index contributed by atoms with van der Waals surface area (Å²) in [5.74, 6) is 0.673. The van der Waals surface area contributed by atoms with Gasteiger partial charge in [-0.2, -0.15) is 0 Å². The molecule has 8 nitrogen and oxygen atoms in total. The fraction of sp³-hybridized carbons (Fsp3) is 0.222. The Morgan fingerprint density at radius 2 is 1.34 bits per heavy atom. The first kappa shape index (κ1) is 19.0. The molecule has 3 aliphatic rings. The molecule has 4 heterocycles. The number of fused-ring (bicyclic) bond motifs is 13. The van der Waals surface area contributed by atoms with Crippen LogP contribution in [0.4, 0.5) is 0 Å². The van der Waals surface area contributed by atoms with Crippen LogP contribution < -0.4 is 14.8 Å². The van der Waals surface area contributed by atoms with Crippen molar-refractivity contribution >= 4 is 61.2 Å². The number of methoxy groups -OCH3 is 2. The van der Waals surface area contributed by atoms with E-state index in [9.17, 15) is 14.4 Å². The van der Waals surface area contributed by atoms with Gasteiger partial charge in [-0.25, -0.2) is 0 Å². The molecule has 0 spiro atoms. The summed E-state index contributed by atoms with van der Waals surface area (Å²) < 4.78 is 15.3. The molecule has 5 aromatic rings. The molecule has 2 bridgehead atoms. The number of rotatable bonds is 2. The van der Waals surface area contributed by atoms with Crippen LogP contribution in [0.1, 0.15) is 45.6 Å². The Hall–Kier alpha value is -4.33. The van der Waals surface area contributed by atoms with Gasteiger partial charge < -0.3 is 18.6 Å². The summed E-state index contributed by atoms with van der Waals surface area (Å²) in [4.78, 5) is 39.9. The lowest BCUT2D eigenvalue weighted by Gasteiger charge is -2.15. The molecule has 35 heavy (non-hydrogen) atoms. The van der Waals surface area contributed by atoms with Crippen LogP contribution in [0, 0.1) is 0 Å². The second-order valence-corrected chi connectivity index (χ2v) is 9.56. The van der Waals surface area contributed by atoms with Gasteiger partial charge >= 0.3 is 0 Å². The van der Waals surface area contributed by atoms with Crippen LogP contribution in [0.25, 0.3) is 43.6 Å². The van der Waals surface area contributed by atoms with Gasteiger partial charge in [-0.15, -0.1) is 0 Å². The van der Waals surface area contributed by atoms with Crippen molar-refractivity contribution in [3.63, 3.8) is 0 Å². The molecule has 1 N–H and O–H groups in total. The smallest absolute Gasteiger partial charge is 0.259 e.